The van der Waals surface area contributed by atoms with E-state index >= 15 is 0 Å². The molecule has 1 aromatic rings. The molecule has 0 radical (unpaired) electrons. The van der Waals surface area contributed by atoms with Crippen molar-refractivity contribution in [2.24, 2.45) is 0 Å². The Bertz CT molecular complexity index is 272. The molecule has 0 aliphatic carbocycles. The Morgan fingerprint density at radius 1 is 1.80 bits per heavy atom. The molecule has 0 aliphatic heterocycles. The van der Waals surface area contributed by atoms with Crippen LogP contribution >= 0.6 is 22.9 Å². The standard InChI is InChI=1S/C7H6ClNS/c1-5-6(3-8)2-7(4-9)10-5/h2H,3H2,1H3. The topological polar surface area (TPSA) is 23.8 Å². The van der Waals surface area contributed by atoms with Crippen molar-refractivity contribution in [3.05, 3.63) is 21.4 Å². The zero-order valence-corrected chi connectivity index (χ0v) is 7.09. The summed E-state index contributed by atoms with van der Waals surface area (Å²) in [5, 5.41) is 8.49. The third-order valence-electron chi connectivity index (χ3n) is 1.27. The Morgan fingerprint density at radius 3 is 2.80 bits per heavy atom. The number of halogens is 1. The van der Waals surface area contributed by atoms with E-state index in [-0.39, 0.29) is 0 Å². The third kappa shape index (κ3) is 1.31. The van der Waals surface area contributed by atoms with E-state index in [0.717, 1.165) is 15.3 Å². The summed E-state index contributed by atoms with van der Waals surface area (Å²) in [5.74, 6) is 0.504. The van der Waals surface area contributed by atoms with Crippen LogP contribution in [0, 0.1) is 18.3 Å². The number of hydrogen-bond acceptors (Lipinski definition) is 2. The van der Waals surface area contributed by atoms with Crippen molar-refractivity contribution < 1.29 is 0 Å². The molecule has 0 amide bonds. The highest BCUT2D eigenvalue weighted by Crippen LogP contribution is 2.21. The molecule has 1 heterocycles. The van der Waals surface area contributed by atoms with Gasteiger partial charge in [0.25, 0.3) is 0 Å². The first-order valence-corrected chi connectivity index (χ1v) is 4.18. The summed E-state index contributed by atoms with van der Waals surface area (Å²) in [6, 6.07) is 3.92. The first-order chi connectivity index (χ1) is 4.77. The molecular weight excluding hydrogens is 166 g/mol. The number of nitriles is 1. The van der Waals surface area contributed by atoms with Crippen LogP contribution < -0.4 is 0 Å². The maximum Gasteiger partial charge on any atom is 0.110 e. The number of thiophene rings is 1. The molecule has 0 aliphatic rings. The van der Waals surface area contributed by atoms with E-state index in [0.29, 0.717) is 5.88 Å². The molecule has 1 aromatic heterocycles. The van der Waals surface area contributed by atoms with E-state index in [1.807, 2.05) is 13.0 Å². The van der Waals surface area contributed by atoms with Crippen LogP contribution in [0.1, 0.15) is 15.3 Å². The largest absolute Gasteiger partial charge is 0.192 e. The summed E-state index contributed by atoms with van der Waals surface area (Å²) in [7, 11) is 0. The SMILES string of the molecule is Cc1sc(C#N)cc1CCl. The number of rotatable bonds is 1. The second kappa shape index (κ2) is 3.05. The van der Waals surface area contributed by atoms with Gasteiger partial charge in [0.05, 0.1) is 0 Å². The fourth-order valence-corrected chi connectivity index (χ4v) is 1.90. The van der Waals surface area contributed by atoms with Gasteiger partial charge in [-0.1, -0.05) is 0 Å². The molecule has 1 rings (SSSR count). The number of hydrogen-bond donors (Lipinski definition) is 0. The van der Waals surface area contributed by atoms with Gasteiger partial charge in [-0.3, -0.25) is 0 Å². The Hall–Kier alpha value is -0.520. The smallest absolute Gasteiger partial charge is 0.110 e. The summed E-state index contributed by atoms with van der Waals surface area (Å²) in [4.78, 5) is 1.89. The highest BCUT2D eigenvalue weighted by molar-refractivity contribution is 7.12. The number of alkyl halides is 1. The lowest BCUT2D eigenvalue weighted by Gasteiger charge is -1.85. The molecule has 10 heavy (non-hydrogen) atoms. The molecule has 0 atom stereocenters. The van der Waals surface area contributed by atoms with Crippen LogP contribution in [0.25, 0.3) is 0 Å². The minimum Gasteiger partial charge on any atom is -0.192 e. The van der Waals surface area contributed by atoms with E-state index in [2.05, 4.69) is 6.07 Å². The third-order valence-corrected chi connectivity index (χ3v) is 2.56. The quantitative estimate of drug-likeness (QED) is 0.596. The zero-order chi connectivity index (χ0) is 7.56. The first-order valence-electron chi connectivity index (χ1n) is 2.83. The highest BCUT2D eigenvalue weighted by Gasteiger charge is 2.01. The molecule has 0 bridgehead atoms. The summed E-state index contributed by atoms with van der Waals surface area (Å²) in [6.07, 6.45) is 0. The summed E-state index contributed by atoms with van der Waals surface area (Å²) >= 11 is 7.09. The second-order valence-electron chi connectivity index (χ2n) is 1.94. The average Bonchev–Trinajstić information content (AvgIpc) is 2.30. The van der Waals surface area contributed by atoms with Gasteiger partial charge in [-0.05, 0) is 18.6 Å². The van der Waals surface area contributed by atoms with Crippen LogP contribution in [0.15, 0.2) is 6.07 Å². The minimum atomic E-state index is 0.504. The van der Waals surface area contributed by atoms with Crippen LogP contribution in [0.5, 0.6) is 0 Å². The van der Waals surface area contributed by atoms with Crippen LogP contribution in [-0.4, -0.2) is 0 Å². The lowest BCUT2D eigenvalue weighted by molar-refractivity contribution is 1.38. The van der Waals surface area contributed by atoms with Crippen molar-refractivity contribution in [2.75, 3.05) is 0 Å². The van der Waals surface area contributed by atoms with Crippen LogP contribution in [0.3, 0.4) is 0 Å². The van der Waals surface area contributed by atoms with Crippen LogP contribution in [-0.2, 0) is 5.88 Å². The molecule has 52 valence electrons. The molecular formula is C7H6ClNS. The van der Waals surface area contributed by atoms with Crippen molar-refractivity contribution in [3.63, 3.8) is 0 Å². The van der Waals surface area contributed by atoms with Gasteiger partial charge in [0.1, 0.15) is 10.9 Å². The summed E-state index contributed by atoms with van der Waals surface area (Å²) in [6.45, 7) is 1.98. The van der Waals surface area contributed by atoms with Gasteiger partial charge >= 0.3 is 0 Å². The fourth-order valence-electron chi connectivity index (χ4n) is 0.708. The van der Waals surface area contributed by atoms with E-state index in [1.54, 1.807) is 0 Å². The van der Waals surface area contributed by atoms with E-state index in [9.17, 15) is 0 Å². The van der Waals surface area contributed by atoms with Crippen molar-refractivity contribution >= 4 is 22.9 Å². The Kier molecular flexibility index (Phi) is 2.31. The molecule has 0 spiro atoms. The summed E-state index contributed by atoms with van der Waals surface area (Å²) < 4.78 is 0. The van der Waals surface area contributed by atoms with Crippen molar-refractivity contribution in [1.29, 1.82) is 5.26 Å². The van der Waals surface area contributed by atoms with Gasteiger partial charge in [0, 0.05) is 10.8 Å². The Labute approximate surface area is 68.9 Å². The molecule has 0 saturated heterocycles. The van der Waals surface area contributed by atoms with Crippen LogP contribution in [0.2, 0.25) is 0 Å². The van der Waals surface area contributed by atoms with Gasteiger partial charge in [-0.2, -0.15) is 5.26 Å². The monoisotopic (exact) mass is 171 g/mol. The predicted octanol–water partition coefficient (Wildman–Crippen LogP) is 2.67. The summed E-state index contributed by atoms with van der Waals surface area (Å²) in [5.41, 5.74) is 1.07. The van der Waals surface area contributed by atoms with E-state index in [4.69, 9.17) is 16.9 Å². The molecule has 0 fully saturated rings. The zero-order valence-electron chi connectivity index (χ0n) is 5.52. The van der Waals surface area contributed by atoms with Gasteiger partial charge in [-0.15, -0.1) is 22.9 Å². The van der Waals surface area contributed by atoms with Gasteiger partial charge in [0.15, 0.2) is 0 Å². The Morgan fingerprint density at radius 2 is 2.50 bits per heavy atom. The normalized spacial score (nSPS) is 9.30. The second-order valence-corrected chi connectivity index (χ2v) is 3.46. The van der Waals surface area contributed by atoms with Gasteiger partial charge in [0.2, 0.25) is 0 Å². The maximum atomic E-state index is 8.49. The molecule has 0 unspecified atom stereocenters. The van der Waals surface area contributed by atoms with Crippen molar-refractivity contribution in [3.8, 4) is 6.07 Å². The first kappa shape index (κ1) is 7.59. The average molecular weight is 172 g/mol. The van der Waals surface area contributed by atoms with Crippen molar-refractivity contribution in [2.45, 2.75) is 12.8 Å². The predicted molar refractivity (Wildman–Crippen MR) is 43.3 cm³/mol. The molecule has 3 heteroatoms. The molecule has 0 saturated carbocycles. The number of nitrogens with zero attached hydrogens (tertiary/aromatic N) is 1. The highest BCUT2D eigenvalue weighted by atomic mass is 35.5. The Balaban J connectivity index is 3.07. The maximum absolute atomic E-state index is 8.49. The molecule has 0 aromatic carbocycles. The van der Waals surface area contributed by atoms with Gasteiger partial charge in [-0.25, -0.2) is 0 Å². The minimum absolute atomic E-state index is 0.504. The molecule has 0 N–H and O–H groups in total. The lowest BCUT2D eigenvalue weighted by atomic mass is 10.3. The fraction of sp³-hybridized carbons (Fsp3) is 0.286. The van der Waals surface area contributed by atoms with E-state index < -0.39 is 0 Å². The van der Waals surface area contributed by atoms with Crippen LogP contribution in [0.4, 0.5) is 0 Å². The lowest BCUT2D eigenvalue weighted by Crippen LogP contribution is -1.71. The van der Waals surface area contributed by atoms with E-state index in [1.165, 1.54) is 11.3 Å². The molecule has 1 nitrogen and oxygen atoms in total. The number of aryl methyl sites for hydroxylation is 1. The van der Waals surface area contributed by atoms with Crippen molar-refractivity contribution in [1.82, 2.24) is 0 Å². The van der Waals surface area contributed by atoms with Gasteiger partial charge < -0.3 is 0 Å².